The largest absolute Gasteiger partial charge is 0.327 e. The van der Waals surface area contributed by atoms with Gasteiger partial charge in [-0.3, -0.25) is 0 Å². The van der Waals surface area contributed by atoms with Crippen molar-refractivity contribution in [3.63, 3.8) is 0 Å². The van der Waals surface area contributed by atoms with Crippen molar-refractivity contribution in [3.8, 4) is 0 Å². The first-order valence-corrected chi connectivity index (χ1v) is 6.76. The maximum atomic E-state index is 6.08. The SMILES string of the molecule is NC(CCNCC1(C2CC2)CC1)C1CC1. The van der Waals surface area contributed by atoms with Crippen LogP contribution in [0.3, 0.4) is 0 Å². The summed E-state index contributed by atoms with van der Waals surface area (Å²) in [5.41, 5.74) is 6.83. The van der Waals surface area contributed by atoms with E-state index in [1.807, 2.05) is 0 Å². The second kappa shape index (κ2) is 3.74. The highest BCUT2D eigenvalue weighted by atomic mass is 14.9. The van der Waals surface area contributed by atoms with Crippen LogP contribution in [-0.4, -0.2) is 19.1 Å². The standard InChI is InChI=1S/C13H24N2/c14-12(10-1-2-10)5-8-15-9-13(6-7-13)11-3-4-11/h10-12,15H,1-9,14H2. The van der Waals surface area contributed by atoms with Crippen molar-refractivity contribution in [2.75, 3.05) is 13.1 Å². The fourth-order valence-corrected chi connectivity index (χ4v) is 2.95. The van der Waals surface area contributed by atoms with Crippen LogP contribution in [0, 0.1) is 17.3 Å². The molecule has 1 unspecified atom stereocenters. The molecule has 3 aliphatic carbocycles. The molecule has 0 radical (unpaired) electrons. The van der Waals surface area contributed by atoms with Gasteiger partial charge in [-0.15, -0.1) is 0 Å². The van der Waals surface area contributed by atoms with Gasteiger partial charge >= 0.3 is 0 Å². The second-order valence-electron chi connectivity index (χ2n) is 6.10. The van der Waals surface area contributed by atoms with Gasteiger partial charge in [0.05, 0.1) is 0 Å². The molecular formula is C13H24N2. The van der Waals surface area contributed by atoms with Gasteiger partial charge in [0, 0.05) is 12.6 Å². The smallest absolute Gasteiger partial charge is 0.00792 e. The average molecular weight is 208 g/mol. The van der Waals surface area contributed by atoms with Crippen molar-refractivity contribution in [1.29, 1.82) is 0 Å². The normalized spacial score (nSPS) is 30.2. The Labute approximate surface area is 93.0 Å². The summed E-state index contributed by atoms with van der Waals surface area (Å²) in [5, 5.41) is 3.64. The zero-order chi connectivity index (χ0) is 10.3. The molecule has 3 rings (SSSR count). The van der Waals surface area contributed by atoms with Crippen molar-refractivity contribution < 1.29 is 0 Å². The molecule has 0 aliphatic heterocycles. The molecule has 3 aliphatic rings. The minimum Gasteiger partial charge on any atom is -0.327 e. The summed E-state index contributed by atoms with van der Waals surface area (Å²) in [6.07, 6.45) is 9.93. The Bertz CT molecular complexity index is 227. The summed E-state index contributed by atoms with van der Waals surface area (Å²) in [7, 11) is 0. The zero-order valence-electron chi connectivity index (χ0n) is 9.67. The molecule has 0 aromatic rings. The van der Waals surface area contributed by atoms with E-state index in [9.17, 15) is 0 Å². The molecule has 2 heteroatoms. The lowest BCUT2D eigenvalue weighted by Gasteiger charge is -2.16. The van der Waals surface area contributed by atoms with E-state index in [-0.39, 0.29) is 0 Å². The highest BCUT2D eigenvalue weighted by molar-refractivity contribution is 5.05. The predicted molar refractivity (Wildman–Crippen MR) is 62.6 cm³/mol. The summed E-state index contributed by atoms with van der Waals surface area (Å²) < 4.78 is 0. The maximum absolute atomic E-state index is 6.08. The van der Waals surface area contributed by atoms with E-state index in [4.69, 9.17) is 5.73 Å². The maximum Gasteiger partial charge on any atom is 0.00792 e. The van der Waals surface area contributed by atoms with Gasteiger partial charge in [-0.1, -0.05) is 0 Å². The first-order chi connectivity index (χ1) is 7.30. The third kappa shape index (κ3) is 2.36. The molecule has 3 N–H and O–H groups in total. The number of hydrogen-bond donors (Lipinski definition) is 2. The van der Waals surface area contributed by atoms with E-state index in [2.05, 4.69) is 5.32 Å². The fourth-order valence-electron chi connectivity index (χ4n) is 2.95. The minimum atomic E-state index is 0.480. The van der Waals surface area contributed by atoms with E-state index >= 15 is 0 Å². The van der Waals surface area contributed by atoms with E-state index in [0.29, 0.717) is 6.04 Å². The monoisotopic (exact) mass is 208 g/mol. The fraction of sp³-hybridized carbons (Fsp3) is 1.00. The van der Waals surface area contributed by atoms with Crippen LogP contribution in [0.2, 0.25) is 0 Å². The summed E-state index contributed by atoms with van der Waals surface area (Å²) in [6, 6.07) is 0.480. The lowest BCUT2D eigenvalue weighted by atomic mass is 10.0. The van der Waals surface area contributed by atoms with Crippen molar-refractivity contribution in [2.24, 2.45) is 23.0 Å². The molecule has 0 saturated heterocycles. The summed E-state index contributed by atoms with van der Waals surface area (Å²) in [5.74, 6) is 1.95. The van der Waals surface area contributed by atoms with Gasteiger partial charge in [0.2, 0.25) is 0 Å². The Kier molecular flexibility index (Phi) is 2.52. The van der Waals surface area contributed by atoms with Crippen LogP contribution in [0.1, 0.15) is 44.9 Å². The molecule has 0 amide bonds. The van der Waals surface area contributed by atoms with Gasteiger partial charge in [0.25, 0.3) is 0 Å². The zero-order valence-corrected chi connectivity index (χ0v) is 9.67. The van der Waals surface area contributed by atoms with E-state index in [0.717, 1.165) is 23.8 Å². The highest BCUT2D eigenvalue weighted by Crippen LogP contribution is 2.60. The quantitative estimate of drug-likeness (QED) is 0.627. The molecule has 0 spiro atoms. The first kappa shape index (κ1) is 10.1. The molecule has 1 atom stereocenters. The minimum absolute atomic E-state index is 0.480. The molecule has 15 heavy (non-hydrogen) atoms. The van der Waals surface area contributed by atoms with Crippen LogP contribution in [-0.2, 0) is 0 Å². The van der Waals surface area contributed by atoms with Gasteiger partial charge in [0.1, 0.15) is 0 Å². The van der Waals surface area contributed by atoms with E-state index in [1.54, 1.807) is 0 Å². The van der Waals surface area contributed by atoms with Crippen LogP contribution in [0.15, 0.2) is 0 Å². The lowest BCUT2D eigenvalue weighted by Crippen LogP contribution is -2.31. The molecule has 0 aromatic carbocycles. The summed E-state index contributed by atoms with van der Waals surface area (Å²) in [6.45, 7) is 2.42. The van der Waals surface area contributed by atoms with Crippen LogP contribution in [0.4, 0.5) is 0 Å². The third-order valence-electron chi connectivity index (χ3n) is 4.69. The van der Waals surface area contributed by atoms with Crippen molar-refractivity contribution in [3.05, 3.63) is 0 Å². The van der Waals surface area contributed by atoms with Crippen LogP contribution in [0.25, 0.3) is 0 Å². The molecule has 0 heterocycles. The Balaban J connectivity index is 1.29. The van der Waals surface area contributed by atoms with Crippen LogP contribution < -0.4 is 11.1 Å². The van der Waals surface area contributed by atoms with Gasteiger partial charge in [-0.2, -0.15) is 0 Å². The van der Waals surface area contributed by atoms with Crippen molar-refractivity contribution in [2.45, 2.75) is 51.0 Å². The number of nitrogens with two attached hydrogens (primary N) is 1. The Morgan fingerprint density at radius 3 is 2.47 bits per heavy atom. The Hall–Kier alpha value is -0.0800. The summed E-state index contributed by atoms with van der Waals surface area (Å²) >= 11 is 0. The third-order valence-corrected chi connectivity index (χ3v) is 4.69. The number of rotatable bonds is 7. The Morgan fingerprint density at radius 2 is 1.93 bits per heavy atom. The molecular weight excluding hydrogens is 184 g/mol. The number of nitrogens with one attached hydrogen (secondary N) is 1. The van der Waals surface area contributed by atoms with Gasteiger partial charge < -0.3 is 11.1 Å². The topological polar surface area (TPSA) is 38.0 Å². The highest BCUT2D eigenvalue weighted by Gasteiger charge is 2.53. The molecule has 0 aromatic heterocycles. The van der Waals surface area contributed by atoms with Crippen LogP contribution in [0.5, 0.6) is 0 Å². The van der Waals surface area contributed by atoms with Crippen molar-refractivity contribution >= 4 is 0 Å². The Morgan fingerprint density at radius 1 is 1.20 bits per heavy atom. The van der Waals surface area contributed by atoms with E-state index in [1.165, 1.54) is 51.5 Å². The number of hydrogen-bond acceptors (Lipinski definition) is 2. The summed E-state index contributed by atoms with van der Waals surface area (Å²) in [4.78, 5) is 0. The molecule has 3 fully saturated rings. The van der Waals surface area contributed by atoms with Gasteiger partial charge in [-0.05, 0) is 68.7 Å². The molecule has 3 saturated carbocycles. The average Bonchev–Trinajstić information content (AvgIpc) is 3.11. The lowest BCUT2D eigenvalue weighted by molar-refractivity contribution is 0.394. The predicted octanol–water partition coefficient (Wildman–Crippen LogP) is 1.89. The van der Waals surface area contributed by atoms with Crippen LogP contribution >= 0.6 is 0 Å². The first-order valence-electron chi connectivity index (χ1n) is 6.76. The second-order valence-corrected chi connectivity index (χ2v) is 6.10. The van der Waals surface area contributed by atoms with Gasteiger partial charge in [0.15, 0.2) is 0 Å². The van der Waals surface area contributed by atoms with Gasteiger partial charge in [-0.25, -0.2) is 0 Å². The molecule has 86 valence electrons. The molecule has 0 bridgehead atoms. The van der Waals surface area contributed by atoms with E-state index < -0.39 is 0 Å². The molecule has 2 nitrogen and oxygen atoms in total. The van der Waals surface area contributed by atoms with Crippen molar-refractivity contribution in [1.82, 2.24) is 5.32 Å².